The van der Waals surface area contributed by atoms with Crippen LogP contribution in [0.3, 0.4) is 0 Å². The van der Waals surface area contributed by atoms with E-state index in [9.17, 15) is 4.79 Å². The molecule has 0 unspecified atom stereocenters. The number of fused-ring (bicyclic) bond motifs is 1. The number of benzene rings is 2. The van der Waals surface area contributed by atoms with Crippen molar-refractivity contribution in [1.82, 2.24) is 10.2 Å². The van der Waals surface area contributed by atoms with Crippen molar-refractivity contribution in [2.45, 2.75) is 0 Å². The molecule has 0 radical (unpaired) electrons. The lowest BCUT2D eigenvalue weighted by Gasteiger charge is -2.06. The molecule has 5 nitrogen and oxygen atoms in total. The van der Waals surface area contributed by atoms with E-state index in [0.717, 1.165) is 10.8 Å². The molecule has 5 heteroatoms. The molecule has 0 fully saturated rings. The third-order valence-electron chi connectivity index (χ3n) is 3.05. The lowest BCUT2D eigenvalue weighted by atomic mass is 10.1. The fourth-order valence-electron chi connectivity index (χ4n) is 1.93. The van der Waals surface area contributed by atoms with Gasteiger partial charge in [0.2, 0.25) is 0 Å². The monoisotopic (exact) mass is 280 g/mol. The van der Waals surface area contributed by atoms with Crippen LogP contribution in [0.15, 0.2) is 54.9 Å². The molecule has 0 aliphatic rings. The Morgan fingerprint density at radius 1 is 0.905 bits per heavy atom. The number of methoxy groups -OCH3 is 1. The second kappa shape index (κ2) is 5.58. The van der Waals surface area contributed by atoms with E-state index in [4.69, 9.17) is 9.47 Å². The van der Waals surface area contributed by atoms with Crippen LogP contribution in [0.25, 0.3) is 10.8 Å². The predicted molar refractivity (Wildman–Crippen MR) is 77.5 cm³/mol. The minimum Gasteiger partial charge on any atom is -0.497 e. The summed E-state index contributed by atoms with van der Waals surface area (Å²) < 4.78 is 10.4. The molecule has 0 bridgehead atoms. The first-order chi connectivity index (χ1) is 10.3. The van der Waals surface area contributed by atoms with E-state index in [1.807, 2.05) is 6.07 Å². The van der Waals surface area contributed by atoms with Crippen molar-refractivity contribution in [3.8, 4) is 11.5 Å². The Labute approximate surface area is 121 Å². The summed E-state index contributed by atoms with van der Waals surface area (Å²) in [5, 5.41) is 9.36. The third-order valence-corrected chi connectivity index (χ3v) is 3.05. The molecule has 104 valence electrons. The standard InChI is InChI=1S/C16H12N2O3/c1-20-14-4-6-15(7-5-14)21-16(19)11-2-3-12-9-17-18-10-13(12)8-11/h2-10H,1H3. The molecule has 3 aromatic rings. The van der Waals surface area contributed by atoms with E-state index in [-0.39, 0.29) is 0 Å². The van der Waals surface area contributed by atoms with E-state index in [2.05, 4.69) is 10.2 Å². The van der Waals surface area contributed by atoms with E-state index < -0.39 is 5.97 Å². The topological polar surface area (TPSA) is 61.3 Å². The molecule has 0 aliphatic carbocycles. The number of rotatable bonds is 3. The van der Waals surface area contributed by atoms with E-state index in [1.54, 1.807) is 55.9 Å². The van der Waals surface area contributed by atoms with Crippen LogP contribution in [0.5, 0.6) is 11.5 Å². The van der Waals surface area contributed by atoms with Crippen molar-refractivity contribution in [2.75, 3.05) is 7.11 Å². The van der Waals surface area contributed by atoms with Gasteiger partial charge in [0.05, 0.1) is 25.1 Å². The summed E-state index contributed by atoms with van der Waals surface area (Å²) >= 11 is 0. The van der Waals surface area contributed by atoms with Crippen LogP contribution in [0.1, 0.15) is 10.4 Å². The number of hydrogen-bond acceptors (Lipinski definition) is 5. The Kier molecular flexibility index (Phi) is 3.47. The van der Waals surface area contributed by atoms with Gasteiger partial charge in [-0.05, 0) is 36.4 Å². The first-order valence-electron chi connectivity index (χ1n) is 6.33. The second-order valence-electron chi connectivity index (χ2n) is 4.40. The van der Waals surface area contributed by atoms with E-state index in [1.165, 1.54) is 0 Å². The normalized spacial score (nSPS) is 10.3. The SMILES string of the molecule is COc1ccc(OC(=O)c2ccc3cnncc3c2)cc1. The zero-order valence-electron chi connectivity index (χ0n) is 11.3. The van der Waals surface area contributed by atoms with Gasteiger partial charge in [0, 0.05) is 10.8 Å². The Balaban J connectivity index is 1.82. The van der Waals surface area contributed by atoms with Crippen molar-refractivity contribution in [3.05, 3.63) is 60.4 Å². The molecule has 0 spiro atoms. The maximum absolute atomic E-state index is 12.1. The van der Waals surface area contributed by atoms with Crippen LogP contribution >= 0.6 is 0 Å². The average Bonchev–Trinajstić information content (AvgIpc) is 2.55. The maximum Gasteiger partial charge on any atom is 0.343 e. The Morgan fingerprint density at radius 3 is 2.29 bits per heavy atom. The highest BCUT2D eigenvalue weighted by molar-refractivity contribution is 5.96. The third kappa shape index (κ3) is 2.81. The Morgan fingerprint density at radius 2 is 1.57 bits per heavy atom. The molecular weight excluding hydrogens is 268 g/mol. The van der Waals surface area contributed by atoms with E-state index >= 15 is 0 Å². The molecule has 21 heavy (non-hydrogen) atoms. The van der Waals surface area contributed by atoms with Crippen LogP contribution in [-0.4, -0.2) is 23.3 Å². The zero-order valence-corrected chi connectivity index (χ0v) is 11.3. The highest BCUT2D eigenvalue weighted by Crippen LogP contribution is 2.19. The van der Waals surface area contributed by atoms with Gasteiger partial charge in [-0.1, -0.05) is 6.07 Å². The first kappa shape index (κ1) is 13.1. The minimum atomic E-state index is -0.418. The van der Waals surface area contributed by atoms with Crippen LogP contribution < -0.4 is 9.47 Å². The highest BCUT2D eigenvalue weighted by atomic mass is 16.5. The lowest BCUT2D eigenvalue weighted by Crippen LogP contribution is -2.08. The summed E-state index contributed by atoms with van der Waals surface area (Å²) in [6, 6.07) is 12.1. The molecular formula is C16H12N2O3. The summed E-state index contributed by atoms with van der Waals surface area (Å²) in [5.41, 5.74) is 0.464. The summed E-state index contributed by atoms with van der Waals surface area (Å²) in [6.45, 7) is 0. The van der Waals surface area contributed by atoms with Gasteiger partial charge in [0.25, 0.3) is 0 Å². The van der Waals surface area contributed by atoms with Gasteiger partial charge in [0.1, 0.15) is 11.5 Å². The molecule has 1 heterocycles. The predicted octanol–water partition coefficient (Wildman–Crippen LogP) is 2.86. The average molecular weight is 280 g/mol. The quantitative estimate of drug-likeness (QED) is 0.545. The number of carbonyl (C=O) groups is 1. The number of carbonyl (C=O) groups excluding carboxylic acids is 1. The van der Waals surface area contributed by atoms with Crippen molar-refractivity contribution < 1.29 is 14.3 Å². The molecule has 0 atom stereocenters. The molecule has 0 N–H and O–H groups in total. The van der Waals surface area contributed by atoms with Gasteiger partial charge in [-0.25, -0.2) is 4.79 Å². The molecule has 0 saturated heterocycles. The van der Waals surface area contributed by atoms with Gasteiger partial charge < -0.3 is 9.47 Å². The fraction of sp³-hybridized carbons (Fsp3) is 0.0625. The number of hydrogen-bond donors (Lipinski definition) is 0. The van der Waals surface area contributed by atoms with Crippen molar-refractivity contribution in [3.63, 3.8) is 0 Å². The molecule has 0 aliphatic heterocycles. The van der Waals surface area contributed by atoms with Crippen molar-refractivity contribution in [2.24, 2.45) is 0 Å². The van der Waals surface area contributed by atoms with Crippen LogP contribution in [0, 0.1) is 0 Å². The van der Waals surface area contributed by atoms with Crippen molar-refractivity contribution >= 4 is 16.7 Å². The number of esters is 1. The minimum absolute atomic E-state index is 0.418. The Hall–Kier alpha value is -2.95. The number of aromatic nitrogens is 2. The molecule has 1 aromatic heterocycles. The smallest absolute Gasteiger partial charge is 0.343 e. The zero-order chi connectivity index (χ0) is 14.7. The van der Waals surface area contributed by atoms with Crippen LogP contribution in [0.4, 0.5) is 0 Å². The first-order valence-corrected chi connectivity index (χ1v) is 6.33. The largest absolute Gasteiger partial charge is 0.497 e. The van der Waals surface area contributed by atoms with Gasteiger partial charge in [-0.15, -0.1) is 0 Å². The highest BCUT2D eigenvalue weighted by Gasteiger charge is 2.09. The molecule has 2 aromatic carbocycles. The number of nitrogens with zero attached hydrogens (tertiary/aromatic N) is 2. The molecule has 0 saturated carbocycles. The van der Waals surface area contributed by atoms with Crippen LogP contribution in [0.2, 0.25) is 0 Å². The number of ether oxygens (including phenoxy) is 2. The summed E-state index contributed by atoms with van der Waals surface area (Å²) in [6.07, 6.45) is 3.26. The summed E-state index contributed by atoms with van der Waals surface area (Å²) in [5.74, 6) is 0.756. The van der Waals surface area contributed by atoms with E-state index in [0.29, 0.717) is 17.1 Å². The van der Waals surface area contributed by atoms with Gasteiger partial charge >= 0.3 is 5.97 Å². The second-order valence-corrected chi connectivity index (χ2v) is 4.40. The van der Waals surface area contributed by atoms with Gasteiger partial charge in [-0.3, -0.25) is 0 Å². The van der Waals surface area contributed by atoms with Crippen LogP contribution in [-0.2, 0) is 0 Å². The molecule has 3 rings (SSSR count). The fourth-order valence-corrected chi connectivity index (χ4v) is 1.93. The lowest BCUT2D eigenvalue weighted by molar-refractivity contribution is 0.0735. The molecule has 0 amide bonds. The maximum atomic E-state index is 12.1. The summed E-state index contributed by atoms with van der Waals surface area (Å²) in [7, 11) is 1.58. The van der Waals surface area contributed by atoms with Gasteiger partial charge in [0.15, 0.2) is 0 Å². The van der Waals surface area contributed by atoms with Crippen molar-refractivity contribution in [1.29, 1.82) is 0 Å². The summed E-state index contributed by atoms with van der Waals surface area (Å²) in [4.78, 5) is 12.1. The van der Waals surface area contributed by atoms with Gasteiger partial charge in [-0.2, -0.15) is 10.2 Å². The Bertz CT molecular complexity index is 785.